The number of benzene rings is 1. The molecule has 0 saturated carbocycles. The Kier molecular flexibility index (Phi) is 4.31. The number of rotatable bonds is 5. The van der Waals surface area contributed by atoms with Gasteiger partial charge in [0, 0.05) is 17.4 Å². The van der Waals surface area contributed by atoms with Gasteiger partial charge in [0.05, 0.1) is 17.2 Å². The predicted octanol–water partition coefficient (Wildman–Crippen LogP) is 4.80. The molecule has 3 rings (SSSR count). The van der Waals surface area contributed by atoms with Crippen LogP contribution in [-0.2, 0) is 6.42 Å². The van der Waals surface area contributed by atoms with Crippen molar-refractivity contribution in [3.8, 4) is 16.5 Å². The van der Waals surface area contributed by atoms with Crippen LogP contribution in [0.5, 0.6) is 5.88 Å². The Hall–Kier alpha value is -2.13. The van der Waals surface area contributed by atoms with Gasteiger partial charge in [-0.15, -0.1) is 11.3 Å². The number of pyridine rings is 1. The largest absolute Gasteiger partial charge is 0.478 e. The first-order chi connectivity index (χ1) is 10.3. The Bertz CT molecular complexity index is 706. The van der Waals surface area contributed by atoms with E-state index in [1.54, 1.807) is 11.3 Å². The molecule has 2 nitrogen and oxygen atoms in total. The number of hydrogen-bond acceptors (Lipinski definition) is 3. The molecular formula is C18H17NOS. The zero-order valence-corrected chi connectivity index (χ0v) is 12.8. The lowest BCUT2D eigenvalue weighted by Crippen LogP contribution is -1.94. The van der Waals surface area contributed by atoms with Crippen LogP contribution >= 0.6 is 11.3 Å². The van der Waals surface area contributed by atoms with Crippen LogP contribution in [-0.4, -0.2) is 11.6 Å². The van der Waals surface area contributed by atoms with Gasteiger partial charge in [-0.3, -0.25) is 0 Å². The fourth-order valence-electron chi connectivity index (χ4n) is 2.19. The molecule has 1 aromatic carbocycles. The third-order valence-corrected chi connectivity index (χ3v) is 4.26. The molecule has 2 heterocycles. The van der Waals surface area contributed by atoms with Crippen LogP contribution in [0.4, 0.5) is 0 Å². The second kappa shape index (κ2) is 6.55. The van der Waals surface area contributed by atoms with E-state index in [4.69, 9.17) is 4.74 Å². The zero-order chi connectivity index (χ0) is 14.5. The van der Waals surface area contributed by atoms with Crippen molar-refractivity contribution in [1.82, 2.24) is 4.98 Å². The second-order valence-corrected chi connectivity index (χ2v) is 5.89. The van der Waals surface area contributed by atoms with Crippen molar-refractivity contribution in [3.05, 3.63) is 71.1 Å². The highest BCUT2D eigenvalue weighted by atomic mass is 32.1. The van der Waals surface area contributed by atoms with Gasteiger partial charge in [0.15, 0.2) is 0 Å². The molecule has 0 N–H and O–H groups in total. The van der Waals surface area contributed by atoms with Crippen molar-refractivity contribution in [1.29, 1.82) is 0 Å². The average molecular weight is 295 g/mol. The summed E-state index contributed by atoms with van der Waals surface area (Å²) in [6.07, 6.45) is 0.969. The van der Waals surface area contributed by atoms with Gasteiger partial charge in [-0.05, 0) is 30.7 Å². The van der Waals surface area contributed by atoms with Crippen molar-refractivity contribution in [2.75, 3.05) is 6.61 Å². The van der Waals surface area contributed by atoms with E-state index in [0.717, 1.165) is 12.1 Å². The first-order valence-corrected chi connectivity index (χ1v) is 7.89. The molecule has 0 saturated heterocycles. The van der Waals surface area contributed by atoms with Gasteiger partial charge in [0.2, 0.25) is 5.88 Å². The highest BCUT2D eigenvalue weighted by molar-refractivity contribution is 7.15. The number of thiophene rings is 1. The number of ether oxygens (including phenoxy) is 1. The fourth-order valence-corrected chi connectivity index (χ4v) is 3.20. The van der Waals surface area contributed by atoms with Gasteiger partial charge >= 0.3 is 0 Å². The molecule has 2 aromatic heterocycles. The minimum atomic E-state index is 0.639. The maximum Gasteiger partial charge on any atom is 0.213 e. The van der Waals surface area contributed by atoms with Crippen molar-refractivity contribution in [3.63, 3.8) is 0 Å². The number of nitrogens with zero attached hydrogens (tertiary/aromatic N) is 1. The van der Waals surface area contributed by atoms with Crippen LogP contribution in [0.1, 0.15) is 17.4 Å². The Labute approximate surface area is 129 Å². The predicted molar refractivity (Wildman–Crippen MR) is 88.0 cm³/mol. The summed E-state index contributed by atoms with van der Waals surface area (Å²) >= 11 is 1.79. The second-order valence-electron chi connectivity index (χ2n) is 4.72. The maximum atomic E-state index is 5.46. The van der Waals surface area contributed by atoms with Gasteiger partial charge in [0.25, 0.3) is 0 Å². The van der Waals surface area contributed by atoms with Crippen molar-refractivity contribution < 1.29 is 4.74 Å². The van der Waals surface area contributed by atoms with E-state index in [-0.39, 0.29) is 0 Å². The maximum absolute atomic E-state index is 5.46. The third-order valence-electron chi connectivity index (χ3n) is 3.15. The fraction of sp³-hybridized carbons (Fsp3) is 0.167. The summed E-state index contributed by atoms with van der Waals surface area (Å²) < 4.78 is 5.46. The summed E-state index contributed by atoms with van der Waals surface area (Å²) in [5.41, 5.74) is 2.31. The molecule has 0 bridgehead atoms. The monoisotopic (exact) mass is 295 g/mol. The number of hydrogen-bond donors (Lipinski definition) is 0. The summed E-state index contributed by atoms with van der Waals surface area (Å²) in [7, 11) is 0. The normalized spacial score (nSPS) is 10.5. The van der Waals surface area contributed by atoms with Gasteiger partial charge in [0.1, 0.15) is 0 Å². The van der Waals surface area contributed by atoms with Gasteiger partial charge in [-0.1, -0.05) is 36.4 Å². The first kappa shape index (κ1) is 13.8. The SMILES string of the molecule is CCOc1cccc(-c2ccc(Cc3ccccc3)s2)n1. The minimum absolute atomic E-state index is 0.639. The van der Waals surface area contributed by atoms with Crippen molar-refractivity contribution in [2.45, 2.75) is 13.3 Å². The first-order valence-electron chi connectivity index (χ1n) is 7.08. The highest BCUT2D eigenvalue weighted by Crippen LogP contribution is 2.29. The third kappa shape index (κ3) is 3.50. The average Bonchev–Trinajstić information content (AvgIpc) is 2.97. The molecule has 21 heavy (non-hydrogen) atoms. The molecule has 3 aromatic rings. The molecule has 0 aliphatic carbocycles. The van der Waals surface area contributed by atoms with E-state index in [9.17, 15) is 0 Å². The van der Waals surface area contributed by atoms with Gasteiger partial charge < -0.3 is 4.74 Å². The molecule has 0 radical (unpaired) electrons. The summed E-state index contributed by atoms with van der Waals surface area (Å²) in [5.74, 6) is 0.688. The lowest BCUT2D eigenvalue weighted by atomic mass is 10.1. The Morgan fingerprint density at radius 2 is 1.81 bits per heavy atom. The number of aromatic nitrogens is 1. The Morgan fingerprint density at radius 3 is 2.62 bits per heavy atom. The highest BCUT2D eigenvalue weighted by Gasteiger charge is 2.06. The quantitative estimate of drug-likeness (QED) is 0.674. The zero-order valence-electron chi connectivity index (χ0n) is 12.0. The van der Waals surface area contributed by atoms with Gasteiger partial charge in [-0.2, -0.15) is 0 Å². The van der Waals surface area contributed by atoms with Crippen molar-refractivity contribution >= 4 is 11.3 Å². The molecule has 0 aliphatic rings. The lowest BCUT2D eigenvalue weighted by molar-refractivity contribution is 0.327. The van der Waals surface area contributed by atoms with Crippen LogP contribution in [0.2, 0.25) is 0 Å². The minimum Gasteiger partial charge on any atom is -0.478 e. The van der Waals surface area contributed by atoms with E-state index in [0.29, 0.717) is 12.5 Å². The standard InChI is InChI=1S/C18H17NOS/c1-2-20-18-10-6-9-16(19-18)17-12-11-15(21-17)13-14-7-4-3-5-8-14/h3-12H,2,13H2,1H3. The topological polar surface area (TPSA) is 22.1 Å². The van der Waals surface area contributed by atoms with Crippen LogP contribution in [0.3, 0.4) is 0 Å². The molecule has 0 amide bonds. The lowest BCUT2D eigenvalue weighted by Gasteiger charge is -2.03. The van der Waals surface area contributed by atoms with E-state index < -0.39 is 0 Å². The van der Waals surface area contributed by atoms with E-state index in [1.165, 1.54) is 15.3 Å². The summed E-state index contributed by atoms with van der Waals surface area (Å²) in [6, 6.07) is 20.8. The summed E-state index contributed by atoms with van der Waals surface area (Å²) in [6.45, 7) is 2.61. The molecule has 0 unspecified atom stereocenters. The molecule has 0 aliphatic heterocycles. The molecule has 0 spiro atoms. The summed E-state index contributed by atoms with van der Waals surface area (Å²) in [5, 5.41) is 0. The smallest absolute Gasteiger partial charge is 0.213 e. The Balaban J connectivity index is 1.80. The molecule has 3 heteroatoms. The van der Waals surface area contributed by atoms with Crippen LogP contribution in [0.25, 0.3) is 10.6 Å². The van der Waals surface area contributed by atoms with Gasteiger partial charge in [-0.25, -0.2) is 4.98 Å². The van der Waals surface area contributed by atoms with Crippen LogP contribution in [0.15, 0.2) is 60.7 Å². The molecule has 106 valence electrons. The van der Waals surface area contributed by atoms with E-state index >= 15 is 0 Å². The molecular weight excluding hydrogens is 278 g/mol. The van der Waals surface area contributed by atoms with E-state index in [1.807, 2.05) is 31.2 Å². The summed E-state index contributed by atoms with van der Waals surface area (Å²) in [4.78, 5) is 7.07. The van der Waals surface area contributed by atoms with Crippen LogP contribution in [0, 0.1) is 0 Å². The Morgan fingerprint density at radius 1 is 0.952 bits per heavy atom. The van der Waals surface area contributed by atoms with Crippen molar-refractivity contribution in [2.24, 2.45) is 0 Å². The van der Waals surface area contributed by atoms with Crippen LogP contribution < -0.4 is 4.74 Å². The molecule has 0 atom stereocenters. The van der Waals surface area contributed by atoms with E-state index in [2.05, 4.69) is 41.4 Å². The molecule has 0 fully saturated rings.